The van der Waals surface area contributed by atoms with Crippen molar-refractivity contribution in [2.75, 3.05) is 0 Å². The van der Waals surface area contributed by atoms with Gasteiger partial charge in [0.2, 0.25) is 0 Å². The van der Waals surface area contributed by atoms with Crippen LogP contribution >= 0.6 is 12.2 Å². The first-order valence-corrected chi connectivity index (χ1v) is 7.20. The normalized spacial score (nSPS) is 11.8. The van der Waals surface area contributed by atoms with E-state index in [1.54, 1.807) is 37.3 Å². The molecule has 0 fully saturated rings. The number of nitrogens with one attached hydrogen (secondary N) is 1. The van der Waals surface area contributed by atoms with Gasteiger partial charge in [0.15, 0.2) is 16.3 Å². The third-order valence-corrected chi connectivity index (χ3v) is 3.67. The average molecular weight is 339 g/mol. The molecule has 0 aliphatic rings. The van der Waals surface area contributed by atoms with Crippen molar-refractivity contribution in [1.82, 2.24) is 24.5 Å². The summed E-state index contributed by atoms with van der Waals surface area (Å²) in [7, 11) is 0. The molecular formula is C14H12F3N5S. The molecule has 0 saturated carbocycles. The first-order chi connectivity index (χ1) is 10.9. The number of nitrogens with zero attached hydrogens (tertiary/aromatic N) is 4. The summed E-state index contributed by atoms with van der Waals surface area (Å²) in [5.41, 5.74) is -0.675. The lowest BCUT2D eigenvalue weighted by Crippen LogP contribution is -2.15. The van der Waals surface area contributed by atoms with E-state index in [4.69, 9.17) is 12.2 Å². The predicted molar refractivity (Wildman–Crippen MR) is 80.6 cm³/mol. The van der Waals surface area contributed by atoms with E-state index in [1.165, 1.54) is 4.57 Å². The van der Waals surface area contributed by atoms with Crippen molar-refractivity contribution in [1.29, 1.82) is 0 Å². The van der Waals surface area contributed by atoms with E-state index in [9.17, 15) is 13.2 Å². The standard InChI is InChI=1S/C14H12F3N5S/c1-2-21-12(19-20-13(21)23)10-8-18-22(11(10)14(15,16)17)9-6-4-3-5-7-9/h3-8H,2H2,1H3,(H,20,23). The molecule has 23 heavy (non-hydrogen) atoms. The van der Waals surface area contributed by atoms with E-state index in [-0.39, 0.29) is 16.2 Å². The second kappa shape index (κ2) is 5.65. The molecule has 9 heteroatoms. The average Bonchev–Trinajstić information content (AvgIpc) is 3.10. The lowest BCUT2D eigenvalue weighted by molar-refractivity contribution is -0.142. The van der Waals surface area contributed by atoms with Crippen molar-refractivity contribution in [2.24, 2.45) is 0 Å². The number of aromatic amines is 1. The van der Waals surface area contributed by atoms with Crippen LogP contribution in [-0.4, -0.2) is 24.5 Å². The Bertz CT molecular complexity index is 876. The summed E-state index contributed by atoms with van der Waals surface area (Å²) in [5.74, 6) is 0.118. The first-order valence-electron chi connectivity index (χ1n) is 6.79. The van der Waals surface area contributed by atoms with E-state index in [0.717, 1.165) is 10.9 Å². The van der Waals surface area contributed by atoms with Gasteiger partial charge in [0.1, 0.15) is 0 Å². The number of H-pyrrole nitrogens is 1. The zero-order chi connectivity index (χ0) is 16.6. The Hall–Kier alpha value is -2.42. The summed E-state index contributed by atoms with van der Waals surface area (Å²) >= 11 is 5.05. The van der Waals surface area contributed by atoms with Crippen LogP contribution in [0.25, 0.3) is 17.1 Å². The third-order valence-electron chi connectivity index (χ3n) is 3.35. The van der Waals surface area contributed by atoms with Gasteiger partial charge in [-0.3, -0.25) is 5.10 Å². The van der Waals surface area contributed by atoms with Gasteiger partial charge in [0.05, 0.1) is 17.4 Å². The second-order valence-corrected chi connectivity index (χ2v) is 5.14. The van der Waals surface area contributed by atoms with Crippen molar-refractivity contribution in [2.45, 2.75) is 19.6 Å². The molecule has 2 aromatic heterocycles. The molecule has 5 nitrogen and oxygen atoms in total. The molecule has 0 saturated heterocycles. The molecule has 0 aliphatic carbocycles. The number of para-hydroxylation sites is 1. The summed E-state index contributed by atoms with van der Waals surface area (Å²) < 4.78 is 43.5. The Kier molecular flexibility index (Phi) is 3.80. The van der Waals surface area contributed by atoms with Crippen molar-refractivity contribution >= 4 is 12.2 Å². The number of aromatic nitrogens is 5. The van der Waals surface area contributed by atoms with Crippen LogP contribution in [0.15, 0.2) is 36.5 Å². The van der Waals surface area contributed by atoms with E-state index in [2.05, 4.69) is 15.3 Å². The molecule has 0 unspecified atom stereocenters. The van der Waals surface area contributed by atoms with E-state index < -0.39 is 11.9 Å². The molecule has 120 valence electrons. The Morgan fingerprint density at radius 1 is 1.22 bits per heavy atom. The molecule has 3 rings (SSSR count). The minimum atomic E-state index is -4.59. The van der Waals surface area contributed by atoms with Crippen LogP contribution in [0.5, 0.6) is 0 Å². The quantitative estimate of drug-likeness (QED) is 0.738. The maximum Gasteiger partial charge on any atom is 0.434 e. The van der Waals surface area contributed by atoms with Gasteiger partial charge in [-0.2, -0.15) is 23.4 Å². The van der Waals surface area contributed by atoms with Gasteiger partial charge in [-0.1, -0.05) is 18.2 Å². The lowest BCUT2D eigenvalue weighted by atomic mass is 10.2. The van der Waals surface area contributed by atoms with Gasteiger partial charge < -0.3 is 4.57 Å². The van der Waals surface area contributed by atoms with E-state index >= 15 is 0 Å². The topological polar surface area (TPSA) is 51.4 Å². The number of hydrogen-bond acceptors (Lipinski definition) is 3. The van der Waals surface area contributed by atoms with Gasteiger partial charge in [-0.15, -0.1) is 0 Å². The smallest absolute Gasteiger partial charge is 0.300 e. The van der Waals surface area contributed by atoms with Crippen LogP contribution in [0.4, 0.5) is 13.2 Å². The molecule has 2 heterocycles. The van der Waals surface area contributed by atoms with Gasteiger partial charge >= 0.3 is 6.18 Å². The Morgan fingerprint density at radius 2 is 1.91 bits per heavy atom. The summed E-state index contributed by atoms with van der Waals surface area (Å²) in [6.07, 6.45) is -3.43. The van der Waals surface area contributed by atoms with Crippen LogP contribution < -0.4 is 0 Å². The van der Waals surface area contributed by atoms with Gasteiger partial charge in [0.25, 0.3) is 0 Å². The fourth-order valence-corrected chi connectivity index (χ4v) is 2.63. The Morgan fingerprint density at radius 3 is 2.52 bits per heavy atom. The van der Waals surface area contributed by atoms with Crippen molar-refractivity contribution in [3.8, 4) is 17.1 Å². The number of benzene rings is 1. The minimum absolute atomic E-state index is 0.115. The third kappa shape index (κ3) is 2.67. The van der Waals surface area contributed by atoms with E-state index in [0.29, 0.717) is 12.2 Å². The van der Waals surface area contributed by atoms with Gasteiger partial charge in [-0.25, -0.2) is 4.68 Å². The highest BCUT2D eigenvalue weighted by Gasteiger charge is 2.40. The monoisotopic (exact) mass is 339 g/mol. The molecule has 1 N–H and O–H groups in total. The number of alkyl halides is 3. The zero-order valence-electron chi connectivity index (χ0n) is 12.0. The maximum absolute atomic E-state index is 13.6. The number of halogens is 3. The molecule has 3 aromatic rings. The first kappa shape index (κ1) is 15.5. The van der Waals surface area contributed by atoms with Crippen LogP contribution in [0.1, 0.15) is 12.6 Å². The van der Waals surface area contributed by atoms with Crippen LogP contribution in [0.3, 0.4) is 0 Å². The Balaban J connectivity index is 2.27. The lowest BCUT2D eigenvalue weighted by Gasteiger charge is -2.12. The molecule has 0 bridgehead atoms. The van der Waals surface area contributed by atoms with Crippen LogP contribution in [0, 0.1) is 4.77 Å². The largest absolute Gasteiger partial charge is 0.434 e. The van der Waals surface area contributed by atoms with Crippen molar-refractivity contribution in [3.05, 3.63) is 47.0 Å². The van der Waals surface area contributed by atoms with Gasteiger partial charge in [0, 0.05) is 6.54 Å². The maximum atomic E-state index is 13.6. The highest BCUT2D eigenvalue weighted by molar-refractivity contribution is 7.71. The molecule has 0 atom stereocenters. The number of rotatable bonds is 3. The number of hydrogen-bond donors (Lipinski definition) is 1. The Labute approximate surface area is 134 Å². The fraction of sp³-hybridized carbons (Fsp3) is 0.214. The molecule has 0 spiro atoms. The predicted octanol–water partition coefficient (Wildman–Crippen LogP) is 3.83. The SMILES string of the molecule is CCn1c(-c2cnn(-c3ccccc3)c2C(F)(F)F)n[nH]c1=S. The highest BCUT2D eigenvalue weighted by atomic mass is 32.1. The highest BCUT2D eigenvalue weighted by Crippen LogP contribution is 2.37. The summed E-state index contributed by atoms with van der Waals surface area (Å²) in [6, 6.07) is 8.15. The van der Waals surface area contributed by atoms with Crippen molar-refractivity contribution in [3.63, 3.8) is 0 Å². The van der Waals surface area contributed by atoms with Crippen LogP contribution in [-0.2, 0) is 12.7 Å². The van der Waals surface area contributed by atoms with Crippen LogP contribution in [0.2, 0.25) is 0 Å². The second-order valence-electron chi connectivity index (χ2n) is 4.75. The molecule has 1 aromatic carbocycles. The van der Waals surface area contributed by atoms with E-state index in [1.807, 2.05) is 0 Å². The molecule has 0 radical (unpaired) electrons. The molecule has 0 aliphatic heterocycles. The summed E-state index contributed by atoms with van der Waals surface area (Å²) in [4.78, 5) is 0. The van der Waals surface area contributed by atoms with Crippen molar-refractivity contribution < 1.29 is 13.2 Å². The fourth-order valence-electron chi connectivity index (χ4n) is 2.37. The van der Waals surface area contributed by atoms with Gasteiger partial charge in [-0.05, 0) is 31.3 Å². The molecular weight excluding hydrogens is 327 g/mol. The summed E-state index contributed by atoms with van der Waals surface area (Å²) in [6.45, 7) is 2.18. The zero-order valence-corrected chi connectivity index (χ0v) is 12.8. The minimum Gasteiger partial charge on any atom is -0.300 e. The summed E-state index contributed by atoms with van der Waals surface area (Å²) in [5, 5.41) is 10.4. The molecule has 0 amide bonds.